The topological polar surface area (TPSA) is 38.3 Å². The normalized spacial score (nSPS) is 15.5. The highest BCUT2D eigenvalue weighted by Gasteiger charge is 2.30. The number of nitrogens with one attached hydrogen (secondary N) is 1. The lowest BCUT2D eigenvalue weighted by Gasteiger charge is -2.35. The van der Waals surface area contributed by atoms with Gasteiger partial charge in [0.25, 0.3) is 0 Å². The predicted octanol–water partition coefficient (Wildman–Crippen LogP) is 2.21. The monoisotopic (exact) mass is 215 g/mol. The minimum Gasteiger partial charge on any atom is -0.385 e. The van der Waals surface area contributed by atoms with E-state index in [0.717, 1.165) is 6.42 Å². The summed E-state index contributed by atoms with van der Waals surface area (Å²) in [5.41, 5.74) is -0.169. The third-order valence-electron chi connectivity index (χ3n) is 3.03. The van der Waals surface area contributed by atoms with Crippen LogP contribution in [0.4, 0.5) is 0 Å². The Morgan fingerprint density at radius 3 is 2.20 bits per heavy atom. The van der Waals surface area contributed by atoms with E-state index >= 15 is 0 Å². The quantitative estimate of drug-likeness (QED) is 0.737. The first-order chi connectivity index (χ1) is 6.83. The average Bonchev–Trinajstić information content (AvgIpc) is 2.14. The Labute approximate surface area is 93.6 Å². The van der Waals surface area contributed by atoms with E-state index in [2.05, 4.69) is 26.1 Å². The zero-order valence-electron chi connectivity index (χ0n) is 10.9. The van der Waals surface area contributed by atoms with Crippen molar-refractivity contribution in [1.29, 1.82) is 0 Å². The Morgan fingerprint density at radius 1 is 1.33 bits per heavy atom. The van der Waals surface area contributed by atoms with E-state index in [1.807, 2.05) is 13.8 Å². The van der Waals surface area contributed by atoms with Crippen LogP contribution < -0.4 is 5.32 Å². The van der Waals surface area contributed by atoms with Crippen LogP contribution in [0.1, 0.15) is 41.0 Å². The molecule has 0 heterocycles. The van der Waals surface area contributed by atoms with Crippen LogP contribution in [0.15, 0.2) is 0 Å². The summed E-state index contributed by atoms with van der Waals surface area (Å²) in [6.45, 7) is 10.8. The number of methoxy groups -OCH3 is 1. The third-order valence-corrected chi connectivity index (χ3v) is 3.03. The maximum Gasteiger partial charge on any atom is 0.222 e. The summed E-state index contributed by atoms with van der Waals surface area (Å²) >= 11 is 0. The van der Waals surface area contributed by atoms with Crippen LogP contribution in [0, 0.1) is 11.8 Å². The standard InChI is InChI=1S/C12H25NO2/c1-9(2)11(14)13-12(5,10(3)4)7-8-15-6/h9-10H,7-8H2,1-6H3,(H,13,14). The molecule has 15 heavy (non-hydrogen) atoms. The molecule has 3 heteroatoms. The molecule has 0 bridgehead atoms. The molecule has 0 saturated heterocycles. The summed E-state index contributed by atoms with van der Waals surface area (Å²) in [4.78, 5) is 11.7. The van der Waals surface area contributed by atoms with Crippen molar-refractivity contribution in [2.24, 2.45) is 11.8 Å². The van der Waals surface area contributed by atoms with E-state index in [1.54, 1.807) is 7.11 Å². The molecule has 0 spiro atoms. The largest absolute Gasteiger partial charge is 0.385 e. The molecule has 1 atom stereocenters. The lowest BCUT2D eigenvalue weighted by molar-refractivity contribution is -0.126. The van der Waals surface area contributed by atoms with Crippen LogP contribution in [0.25, 0.3) is 0 Å². The van der Waals surface area contributed by atoms with Gasteiger partial charge in [0.05, 0.1) is 0 Å². The van der Waals surface area contributed by atoms with Crippen molar-refractivity contribution in [3.05, 3.63) is 0 Å². The number of carbonyl (C=O) groups excluding carboxylic acids is 1. The Morgan fingerprint density at radius 2 is 1.87 bits per heavy atom. The van der Waals surface area contributed by atoms with Crippen molar-refractivity contribution in [1.82, 2.24) is 5.32 Å². The first-order valence-electron chi connectivity index (χ1n) is 5.64. The van der Waals surface area contributed by atoms with E-state index in [4.69, 9.17) is 4.74 Å². The van der Waals surface area contributed by atoms with Gasteiger partial charge in [0, 0.05) is 25.2 Å². The fraction of sp³-hybridized carbons (Fsp3) is 0.917. The minimum absolute atomic E-state index is 0.0330. The Kier molecular flexibility index (Phi) is 5.88. The Hall–Kier alpha value is -0.570. The molecule has 0 saturated carbocycles. The molecule has 0 aliphatic rings. The molecule has 0 radical (unpaired) electrons. The van der Waals surface area contributed by atoms with Gasteiger partial charge < -0.3 is 10.1 Å². The number of carbonyl (C=O) groups is 1. The molecule has 90 valence electrons. The fourth-order valence-corrected chi connectivity index (χ4v) is 1.24. The zero-order valence-corrected chi connectivity index (χ0v) is 10.9. The highest BCUT2D eigenvalue weighted by molar-refractivity contribution is 5.78. The van der Waals surface area contributed by atoms with Crippen LogP contribution in [-0.4, -0.2) is 25.2 Å². The number of hydrogen-bond donors (Lipinski definition) is 1. The molecule has 1 N–H and O–H groups in total. The van der Waals surface area contributed by atoms with Gasteiger partial charge in [0.2, 0.25) is 5.91 Å². The van der Waals surface area contributed by atoms with E-state index in [0.29, 0.717) is 12.5 Å². The van der Waals surface area contributed by atoms with Gasteiger partial charge in [0.15, 0.2) is 0 Å². The molecule has 3 nitrogen and oxygen atoms in total. The highest BCUT2D eigenvalue weighted by Crippen LogP contribution is 2.21. The molecule has 0 aromatic heterocycles. The van der Waals surface area contributed by atoms with Gasteiger partial charge in [-0.25, -0.2) is 0 Å². The molecule has 0 aromatic rings. The number of ether oxygens (including phenoxy) is 1. The molecule has 0 aliphatic carbocycles. The lowest BCUT2D eigenvalue weighted by atomic mass is 9.85. The summed E-state index contributed by atoms with van der Waals surface area (Å²) in [5.74, 6) is 0.545. The molecule has 1 amide bonds. The smallest absolute Gasteiger partial charge is 0.222 e. The zero-order chi connectivity index (χ0) is 12.1. The highest BCUT2D eigenvalue weighted by atomic mass is 16.5. The second-order valence-corrected chi connectivity index (χ2v) is 4.96. The summed E-state index contributed by atoms with van der Waals surface area (Å²) < 4.78 is 5.08. The van der Waals surface area contributed by atoms with Crippen LogP contribution in [0.2, 0.25) is 0 Å². The second kappa shape index (κ2) is 6.11. The van der Waals surface area contributed by atoms with Gasteiger partial charge >= 0.3 is 0 Å². The maximum absolute atomic E-state index is 11.7. The third kappa shape index (κ3) is 4.65. The van der Waals surface area contributed by atoms with Gasteiger partial charge in [-0.15, -0.1) is 0 Å². The van der Waals surface area contributed by atoms with Gasteiger partial charge in [-0.05, 0) is 19.3 Å². The van der Waals surface area contributed by atoms with Crippen molar-refractivity contribution in [3.8, 4) is 0 Å². The SMILES string of the molecule is COCCC(C)(NC(=O)C(C)C)C(C)C. The maximum atomic E-state index is 11.7. The molecule has 0 aliphatic heterocycles. The molecule has 1 unspecified atom stereocenters. The van der Waals surface area contributed by atoms with E-state index < -0.39 is 0 Å². The number of hydrogen-bond acceptors (Lipinski definition) is 2. The van der Waals surface area contributed by atoms with Gasteiger partial charge in [-0.3, -0.25) is 4.79 Å². The fourth-order valence-electron chi connectivity index (χ4n) is 1.24. The van der Waals surface area contributed by atoms with Crippen molar-refractivity contribution < 1.29 is 9.53 Å². The second-order valence-electron chi connectivity index (χ2n) is 4.96. The van der Waals surface area contributed by atoms with Crippen molar-refractivity contribution in [3.63, 3.8) is 0 Å². The first-order valence-corrected chi connectivity index (χ1v) is 5.64. The average molecular weight is 215 g/mol. The van der Waals surface area contributed by atoms with Crippen molar-refractivity contribution in [2.75, 3.05) is 13.7 Å². The van der Waals surface area contributed by atoms with Gasteiger partial charge in [0.1, 0.15) is 0 Å². The van der Waals surface area contributed by atoms with E-state index in [9.17, 15) is 4.79 Å². The van der Waals surface area contributed by atoms with Crippen LogP contribution in [0.3, 0.4) is 0 Å². The molecule has 0 aromatic carbocycles. The Bertz CT molecular complexity index is 202. The summed E-state index contributed by atoms with van der Waals surface area (Å²) in [7, 11) is 1.69. The van der Waals surface area contributed by atoms with Gasteiger partial charge in [-0.2, -0.15) is 0 Å². The molecule has 0 rings (SSSR count). The molecular formula is C12H25NO2. The lowest BCUT2D eigenvalue weighted by Crippen LogP contribution is -2.51. The van der Waals surface area contributed by atoms with Crippen molar-refractivity contribution in [2.45, 2.75) is 46.6 Å². The van der Waals surface area contributed by atoms with Crippen LogP contribution in [0.5, 0.6) is 0 Å². The molecule has 0 fully saturated rings. The van der Waals surface area contributed by atoms with E-state index in [1.165, 1.54) is 0 Å². The summed E-state index contributed by atoms with van der Waals surface area (Å²) in [6.07, 6.45) is 0.847. The van der Waals surface area contributed by atoms with Crippen LogP contribution in [-0.2, 0) is 9.53 Å². The minimum atomic E-state index is -0.169. The summed E-state index contributed by atoms with van der Waals surface area (Å²) in [5, 5.41) is 3.11. The first kappa shape index (κ1) is 14.4. The van der Waals surface area contributed by atoms with E-state index in [-0.39, 0.29) is 17.4 Å². The predicted molar refractivity (Wildman–Crippen MR) is 62.7 cm³/mol. The van der Waals surface area contributed by atoms with Gasteiger partial charge in [-0.1, -0.05) is 27.7 Å². The van der Waals surface area contributed by atoms with Crippen LogP contribution >= 0.6 is 0 Å². The Balaban J connectivity index is 4.44. The number of amides is 1. The number of rotatable bonds is 6. The molecular weight excluding hydrogens is 190 g/mol. The summed E-state index contributed by atoms with van der Waals surface area (Å²) in [6, 6.07) is 0. The van der Waals surface area contributed by atoms with Crippen molar-refractivity contribution >= 4 is 5.91 Å².